The SMILES string of the molecule is CCNC(CC1CCOC1)c1ccc2nc(C)ccc2c1. The third-order valence-corrected chi connectivity index (χ3v) is 4.30. The molecule has 0 bridgehead atoms. The number of benzene rings is 1. The largest absolute Gasteiger partial charge is 0.381 e. The minimum Gasteiger partial charge on any atom is -0.381 e. The van der Waals surface area contributed by atoms with E-state index in [1.807, 2.05) is 6.92 Å². The van der Waals surface area contributed by atoms with E-state index < -0.39 is 0 Å². The standard InChI is InChI=1S/C18H24N2O/c1-3-19-18(10-14-8-9-21-12-14)16-6-7-17-15(11-16)5-4-13(2)20-17/h4-7,11,14,18-19H,3,8-10,12H2,1-2H3. The first-order valence-electron chi connectivity index (χ1n) is 7.94. The van der Waals surface area contributed by atoms with E-state index in [9.17, 15) is 0 Å². The number of nitrogens with one attached hydrogen (secondary N) is 1. The third-order valence-electron chi connectivity index (χ3n) is 4.30. The fourth-order valence-corrected chi connectivity index (χ4v) is 3.15. The van der Waals surface area contributed by atoms with Crippen molar-refractivity contribution in [2.24, 2.45) is 5.92 Å². The molecule has 0 radical (unpaired) electrons. The Morgan fingerprint density at radius 1 is 1.33 bits per heavy atom. The molecule has 2 aromatic rings. The van der Waals surface area contributed by atoms with Gasteiger partial charge >= 0.3 is 0 Å². The molecule has 0 aliphatic carbocycles. The number of ether oxygens (including phenoxy) is 1. The average molecular weight is 284 g/mol. The molecule has 0 spiro atoms. The minimum atomic E-state index is 0.410. The monoisotopic (exact) mass is 284 g/mol. The van der Waals surface area contributed by atoms with Gasteiger partial charge in [0.2, 0.25) is 0 Å². The predicted octanol–water partition coefficient (Wildman–Crippen LogP) is 3.62. The fourth-order valence-electron chi connectivity index (χ4n) is 3.15. The number of fused-ring (bicyclic) bond motifs is 1. The summed E-state index contributed by atoms with van der Waals surface area (Å²) >= 11 is 0. The van der Waals surface area contributed by atoms with Crippen LogP contribution in [0.4, 0.5) is 0 Å². The van der Waals surface area contributed by atoms with Crippen LogP contribution in [0.15, 0.2) is 30.3 Å². The second-order valence-corrected chi connectivity index (χ2v) is 5.98. The smallest absolute Gasteiger partial charge is 0.0705 e. The molecule has 3 rings (SSSR count). The molecule has 2 heterocycles. The molecular formula is C18H24N2O. The van der Waals surface area contributed by atoms with Gasteiger partial charge in [-0.3, -0.25) is 4.98 Å². The number of hydrogen-bond acceptors (Lipinski definition) is 3. The lowest BCUT2D eigenvalue weighted by molar-refractivity contribution is 0.181. The second-order valence-electron chi connectivity index (χ2n) is 5.98. The Labute approximate surface area is 126 Å². The van der Waals surface area contributed by atoms with Crippen LogP contribution < -0.4 is 5.32 Å². The van der Waals surface area contributed by atoms with Crippen LogP contribution in [0, 0.1) is 12.8 Å². The van der Waals surface area contributed by atoms with Gasteiger partial charge in [-0.05, 0) is 56.0 Å². The summed E-state index contributed by atoms with van der Waals surface area (Å²) < 4.78 is 5.52. The first-order chi connectivity index (χ1) is 10.3. The third kappa shape index (κ3) is 3.42. The summed E-state index contributed by atoms with van der Waals surface area (Å²) in [7, 11) is 0. The Morgan fingerprint density at radius 2 is 2.24 bits per heavy atom. The Bertz CT molecular complexity index is 605. The van der Waals surface area contributed by atoms with E-state index >= 15 is 0 Å². The molecular weight excluding hydrogens is 260 g/mol. The molecule has 1 aliphatic rings. The number of rotatable bonds is 5. The maximum absolute atomic E-state index is 5.52. The highest BCUT2D eigenvalue weighted by atomic mass is 16.5. The van der Waals surface area contributed by atoms with Gasteiger partial charge in [0.15, 0.2) is 0 Å². The highest BCUT2D eigenvalue weighted by Gasteiger charge is 2.21. The zero-order valence-electron chi connectivity index (χ0n) is 12.9. The zero-order chi connectivity index (χ0) is 14.7. The normalized spacial score (nSPS) is 20.0. The van der Waals surface area contributed by atoms with Crippen molar-refractivity contribution in [3.63, 3.8) is 0 Å². The van der Waals surface area contributed by atoms with Crippen molar-refractivity contribution in [2.45, 2.75) is 32.7 Å². The minimum absolute atomic E-state index is 0.410. The van der Waals surface area contributed by atoms with Crippen molar-refractivity contribution in [3.8, 4) is 0 Å². The molecule has 3 heteroatoms. The number of aromatic nitrogens is 1. The molecule has 2 atom stereocenters. The summed E-state index contributed by atoms with van der Waals surface area (Å²) in [6.07, 6.45) is 2.34. The molecule has 0 amide bonds. The number of pyridine rings is 1. The maximum atomic E-state index is 5.52. The molecule has 1 aliphatic heterocycles. The van der Waals surface area contributed by atoms with Crippen LogP contribution in [0.2, 0.25) is 0 Å². The summed E-state index contributed by atoms with van der Waals surface area (Å²) in [5.41, 5.74) is 3.52. The van der Waals surface area contributed by atoms with Crippen molar-refractivity contribution in [3.05, 3.63) is 41.6 Å². The Kier molecular flexibility index (Phi) is 4.51. The fraction of sp³-hybridized carbons (Fsp3) is 0.500. The Hall–Kier alpha value is -1.45. The van der Waals surface area contributed by atoms with Crippen molar-refractivity contribution < 1.29 is 4.74 Å². The van der Waals surface area contributed by atoms with E-state index in [1.165, 1.54) is 17.4 Å². The molecule has 1 aromatic heterocycles. The van der Waals surface area contributed by atoms with Crippen molar-refractivity contribution in [1.82, 2.24) is 10.3 Å². The lowest BCUT2D eigenvalue weighted by Gasteiger charge is -2.21. The predicted molar refractivity (Wildman–Crippen MR) is 86.4 cm³/mol. The van der Waals surface area contributed by atoms with Gasteiger partial charge < -0.3 is 10.1 Å². The van der Waals surface area contributed by atoms with Gasteiger partial charge in [0.25, 0.3) is 0 Å². The van der Waals surface area contributed by atoms with Gasteiger partial charge in [0.1, 0.15) is 0 Å². The van der Waals surface area contributed by atoms with Crippen LogP contribution >= 0.6 is 0 Å². The summed E-state index contributed by atoms with van der Waals surface area (Å²) in [6, 6.07) is 11.3. The molecule has 2 unspecified atom stereocenters. The van der Waals surface area contributed by atoms with E-state index in [-0.39, 0.29) is 0 Å². The van der Waals surface area contributed by atoms with Gasteiger partial charge in [0, 0.05) is 30.3 Å². The van der Waals surface area contributed by atoms with E-state index in [1.54, 1.807) is 0 Å². The van der Waals surface area contributed by atoms with E-state index in [4.69, 9.17) is 4.74 Å². The first-order valence-corrected chi connectivity index (χ1v) is 7.94. The van der Waals surface area contributed by atoms with Gasteiger partial charge in [-0.1, -0.05) is 19.1 Å². The summed E-state index contributed by atoms with van der Waals surface area (Å²) in [6.45, 7) is 7.03. The van der Waals surface area contributed by atoms with Gasteiger partial charge in [-0.2, -0.15) is 0 Å². The topological polar surface area (TPSA) is 34.1 Å². The molecule has 0 saturated carbocycles. The lowest BCUT2D eigenvalue weighted by Crippen LogP contribution is -2.23. The van der Waals surface area contributed by atoms with Crippen molar-refractivity contribution in [2.75, 3.05) is 19.8 Å². The summed E-state index contributed by atoms with van der Waals surface area (Å²) in [5, 5.41) is 4.85. The quantitative estimate of drug-likeness (QED) is 0.910. The average Bonchev–Trinajstić information content (AvgIpc) is 2.99. The van der Waals surface area contributed by atoms with Gasteiger partial charge in [0.05, 0.1) is 5.52 Å². The Balaban J connectivity index is 1.85. The summed E-state index contributed by atoms with van der Waals surface area (Å²) in [4.78, 5) is 4.58. The van der Waals surface area contributed by atoms with Gasteiger partial charge in [-0.25, -0.2) is 0 Å². The molecule has 1 N–H and O–H groups in total. The molecule has 1 fully saturated rings. The maximum Gasteiger partial charge on any atom is 0.0705 e. The highest BCUT2D eigenvalue weighted by Crippen LogP contribution is 2.28. The zero-order valence-corrected chi connectivity index (χ0v) is 12.9. The van der Waals surface area contributed by atoms with Crippen LogP contribution in [0.3, 0.4) is 0 Å². The van der Waals surface area contributed by atoms with Crippen LogP contribution in [0.1, 0.15) is 37.1 Å². The number of nitrogens with zero attached hydrogens (tertiary/aromatic N) is 1. The van der Waals surface area contributed by atoms with E-state index in [0.29, 0.717) is 12.0 Å². The van der Waals surface area contributed by atoms with E-state index in [2.05, 4.69) is 47.6 Å². The van der Waals surface area contributed by atoms with Crippen LogP contribution in [-0.2, 0) is 4.74 Å². The van der Waals surface area contributed by atoms with Crippen LogP contribution in [0.25, 0.3) is 10.9 Å². The lowest BCUT2D eigenvalue weighted by atomic mass is 9.93. The summed E-state index contributed by atoms with van der Waals surface area (Å²) in [5.74, 6) is 0.681. The molecule has 21 heavy (non-hydrogen) atoms. The molecule has 1 aromatic carbocycles. The van der Waals surface area contributed by atoms with Crippen molar-refractivity contribution >= 4 is 10.9 Å². The van der Waals surface area contributed by atoms with Gasteiger partial charge in [-0.15, -0.1) is 0 Å². The highest BCUT2D eigenvalue weighted by molar-refractivity contribution is 5.79. The number of aryl methyl sites for hydroxylation is 1. The molecule has 112 valence electrons. The second kappa shape index (κ2) is 6.54. The number of hydrogen-bond donors (Lipinski definition) is 1. The Morgan fingerprint density at radius 3 is 3.00 bits per heavy atom. The van der Waals surface area contributed by atoms with Crippen LogP contribution in [0.5, 0.6) is 0 Å². The van der Waals surface area contributed by atoms with Crippen molar-refractivity contribution in [1.29, 1.82) is 0 Å². The van der Waals surface area contributed by atoms with Crippen LogP contribution in [-0.4, -0.2) is 24.7 Å². The first kappa shape index (κ1) is 14.5. The van der Waals surface area contributed by atoms with E-state index in [0.717, 1.165) is 37.4 Å². The molecule has 3 nitrogen and oxygen atoms in total. The molecule has 1 saturated heterocycles.